The van der Waals surface area contributed by atoms with Gasteiger partial charge in [-0.15, -0.1) is 11.3 Å². The summed E-state index contributed by atoms with van der Waals surface area (Å²) in [5.74, 6) is -0.783. The molecule has 0 aliphatic rings. The zero-order valence-corrected chi connectivity index (χ0v) is 24.1. The molecule has 0 aliphatic heterocycles. The normalized spacial score (nSPS) is 11.5. The maximum Gasteiger partial charge on any atom is 0.208 e. The molecule has 0 saturated heterocycles. The Bertz CT molecular complexity index is 1040. The molecule has 0 fully saturated rings. The number of aromatic nitrogens is 2. The molecule has 0 spiro atoms. The van der Waals surface area contributed by atoms with Gasteiger partial charge >= 0.3 is 0 Å². The first kappa shape index (κ1) is 31.9. The smallest absolute Gasteiger partial charge is 0.208 e. The standard InChI is InChI=1S/C22H24BrN3O2S.C3H8O2.C2H6/c1-2-15(12-27)6-7-25-22-19(11-24-14-26-22)21(28)20-10-17(13-29-20)8-16-4-3-5-18(23)9-16;1-3(2,4)5;1-2/h3-5,9-11,13-15,27H,2,6-8,12H2,1H3,(H,24,25,26);4-5H,1-2H3;1-2H3. The van der Waals surface area contributed by atoms with Gasteiger partial charge in [-0.2, -0.15) is 0 Å². The Kier molecular flexibility index (Phi) is 14.6. The zero-order chi connectivity index (χ0) is 27.1. The van der Waals surface area contributed by atoms with Gasteiger partial charge in [-0.05, 0) is 67.3 Å². The number of nitrogens with one attached hydrogen (secondary N) is 1. The molecular formula is C27H38BrN3O4S. The highest BCUT2D eigenvalue weighted by Gasteiger charge is 2.17. The third-order valence-corrected chi connectivity index (χ3v) is 6.28. The number of ketones is 1. The van der Waals surface area contributed by atoms with Crippen molar-refractivity contribution < 1.29 is 20.1 Å². The first-order valence-corrected chi connectivity index (χ1v) is 13.7. The summed E-state index contributed by atoms with van der Waals surface area (Å²) in [6.07, 6.45) is 5.52. The van der Waals surface area contributed by atoms with Crippen molar-refractivity contribution in [3.05, 3.63) is 74.3 Å². The number of carbonyl (C=O) groups is 1. The first-order chi connectivity index (χ1) is 17.1. The third kappa shape index (κ3) is 12.2. The Morgan fingerprint density at radius 3 is 2.50 bits per heavy atom. The lowest BCUT2D eigenvalue weighted by Crippen LogP contribution is -2.15. The van der Waals surface area contributed by atoms with Crippen LogP contribution in [0.2, 0.25) is 0 Å². The lowest BCUT2D eigenvalue weighted by Gasteiger charge is -2.13. The molecule has 0 bridgehead atoms. The number of halogens is 1. The predicted molar refractivity (Wildman–Crippen MR) is 151 cm³/mol. The lowest BCUT2D eigenvalue weighted by molar-refractivity contribution is -0.127. The van der Waals surface area contributed by atoms with Gasteiger partial charge in [0.15, 0.2) is 5.79 Å². The van der Waals surface area contributed by atoms with Gasteiger partial charge in [0.1, 0.15) is 12.1 Å². The van der Waals surface area contributed by atoms with Crippen LogP contribution in [0.25, 0.3) is 0 Å². The molecule has 0 radical (unpaired) electrons. The van der Waals surface area contributed by atoms with Crippen LogP contribution in [0.15, 0.2) is 52.7 Å². The summed E-state index contributed by atoms with van der Waals surface area (Å²) in [6.45, 7) is 9.47. The highest BCUT2D eigenvalue weighted by Crippen LogP contribution is 2.24. The molecule has 198 valence electrons. The van der Waals surface area contributed by atoms with Crippen molar-refractivity contribution in [3.63, 3.8) is 0 Å². The van der Waals surface area contributed by atoms with E-state index in [4.69, 9.17) is 10.2 Å². The number of anilines is 1. The summed E-state index contributed by atoms with van der Waals surface area (Å²) in [5.41, 5.74) is 2.77. The van der Waals surface area contributed by atoms with Crippen LogP contribution in [0.4, 0.5) is 5.82 Å². The molecule has 1 aromatic carbocycles. The SMILES string of the molecule is CC.CC(C)(O)O.CCC(CO)CCNc1ncncc1C(=O)c1cc(Cc2cccc(Br)c2)cs1. The van der Waals surface area contributed by atoms with Crippen LogP contribution in [-0.4, -0.2) is 50.0 Å². The molecular weight excluding hydrogens is 542 g/mol. The summed E-state index contributed by atoms with van der Waals surface area (Å²) in [6, 6.07) is 10.1. The summed E-state index contributed by atoms with van der Waals surface area (Å²) in [7, 11) is 0. The van der Waals surface area contributed by atoms with Crippen molar-refractivity contribution in [3.8, 4) is 0 Å². The van der Waals surface area contributed by atoms with Crippen LogP contribution in [0.5, 0.6) is 0 Å². The van der Waals surface area contributed by atoms with Crippen LogP contribution in [0.1, 0.15) is 73.8 Å². The van der Waals surface area contributed by atoms with Gasteiger partial charge in [0.2, 0.25) is 5.78 Å². The second-order valence-electron chi connectivity index (χ2n) is 8.41. The van der Waals surface area contributed by atoms with E-state index in [1.165, 1.54) is 37.1 Å². The van der Waals surface area contributed by atoms with E-state index in [0.29, 0.717) is 22.8 Å². The predicted octanol–water partition coefficient (Wildman–Crippen LogP) is 5.68. The molecule has 3 rings (SSSR count). The van der Waals surface area contributed by atoms with E-state index in [-0.39, 0.29) is 18.3 Å². The first-order valence-electron chi connectivity index (χ1n) is 12.1. The van der Waals surface area contributed by atoms with Gasteiger partial charge in [0.25, 0.3) is 0 Å². The second-order valence-corrected chi connectivity index (χ2v) is 10.2. The van der Waals surface area contributed by atoms with Crippen LogP contribution >= 0.6 is 27.3 Å². The van der Waals surface area contributed by atoms with Crippen LogP contribution < -0.4 is 5.32 Å². The van der Waals surface area contributed by atoms with Crippen molar-refractivity contribution in [1.82, 2.24) is 9.97 Å². The Morgan fingerprint density at radius 2 is 1.89 bits per heavy atom. The fourth-order valence-corrected chi connectivity index (χ4v) is 4.37. The number of rotatable bonds is 10. The van der Waals surface area contributed by atoms with E-state index in [1.54, 1.807) is 6.20 Å². The highest BCUT2D eigenvalue weighted by atomic mass is 79.9. The molecule has 2 heterocycles. The van der Waals surface area contributed by atoms with E-state index in [1.807, 2.05) is 37.4 Å². The molecule has 0 aliphatic carbocycles. The number of hydrogen-bond donors (Lipinski definition) is 4. The fourth-order valence-electron chi connectivity index (χ4n) is 3.06. The number of aliphatic hydroxyl groups is 3. The molecule has 2 aromatic heterocycles. The summed E-state index contributed by atoms with van der Waals surface area (Å²) >= 11 is 4.94. The largest absolute Gasteiger partial charge is 0.396 e. The molecule has 3 aromatic rings. The van der Waals surface area contributed by atoms with Gasteiger partial charge in [-0.25, -0.2) is 9.97 Å². The molecule has 4 N–H and O–H groups in total. The van der Waals surface area contributed by atoms with Gasteiger partial charge in [0.05, 0.1) is 10.4 Å². The maximum atomic E-state index is 13.0. The molecule has 1 unspecified atom stereocenters. The van der Waals surface area contributed by atoms with Crippen LogP contribution in [-0.2, 0) is 6.42 Å². The van der Waals surface area contributed by atoms with E-state index in [2.05, 4.69) is 50.3 Å². The summed E-state index contributed by atoms with van der Waals surface area (Å²) in [4.78, 5) is 22.0. The Balaban J connectivity index is 0.000000826. The number of nitrogens with zero attached hydrogens (tertiary/aromatic N) is 2. The van der Waals surface area contributed by atoms with E-state index >= 15 is 0 Å². The average molecular weight is 581 g/mol. The van der Waals surface area contributed by atoms with Crippen molar-refractivity contribution in [2.45, 2.75) is 59.7 Å². The van der Waals surface area contributed by atoms with Crippen LogP contribution in [0, 0.1) is 5.92 Å². The van der Waals surface area contributed by atoms with Gasteiger partial charge in [0, 0.05) is 23.8 Å². The quantitative estimate of drug-likeness (QED) is 0.180. The number of aliphatic hydroxyl groups excluding tert-OH is 1. The molecule has 0 amide bonds. The van der Waals surface area contributed by atoms with Crippen molar-refractivity contribution in [2.24, 2.45) is 5.92 Å². The van der Waals surface area contributed by atoms with E-state index < -0.39 is 5.79 Å². The Morgan fingerprint density at radius 1 is 1.19 bits per heavy atom. The van der Waals surface area contributed by atoms with Crippen molar-refractivity contribution in [2.75, 3.05) is 18.5 Å². The third-order valence-electron chi connectivity index (χ3n) is 4.81. The number of benzene rings is 1. The van der Waals surface area contributed by atoms with Gasteiger partial charge < -0.3 is 20.6 Å². The topological polar surface area (TPSA) is 116 Å². The van der Waals surface area contributed by atoms with Crippen LogP contribution in [0.3, 0.4) is 0 Å². The van der Waals surface area contributed by atoms with Gasteiger partial charge in [-0.1, -0.05) is 55.3 Å². The maximum absolute atomic E-state index is 13.0. The van der Waals surface area contributed by atoms with E-state index in [0.717, 1.165) is 29.3 Å². The molecule has 36 heavy (non-hydrogen) atoms. The zero-order valence-electron chi connectivity index (χ0n) is 21.7. The fraction of sp³-hybridized carbons (Fsp3) is 0.444. The minimum Gasteiger partial charge on any atom is -0.396 e. The Hall–Kier alpha value is -2.17. The second kappa shape index (κ2) is 16.6. The highest BCUT2D eigenvalue weighted by molar-refractivity contribution is 9.10. The van der Waals surface area contributed by atoms with E-state index in [9.17, 15) is 9.90 Å². The van der Waals surface area contributed by atoms with Gasteiger partial charge in [-0.3, -0.25) is 4.79 Å². The number of carbonyl (C=O) groups excluding carboxylic acids is 1. The lowest BCUT2D eigenvalue weighted by atomic mass is 10.0. The summed E-state index contributed by atoms with van der Waals surface area (Å²) in [5, 5.41) is 30.7. The molecule has 9 heteroatoms. The monoisotopic (exact) mass is 579 g/mol. The average Bonchev–Trinajstić information content (AvgIpc) is 3.30. The van der Waals surface area contributed by atoms with Crippen molar-refractivity contribution in [1.29, 1.82) is 0 Å². The number of thiophene rings is 1. The van der Waals surface area contributed by atoms with Crippen molar-refractivity contribution >= 4 is 38.9 Å². The minimum atomic E-state index is -1.50. The molecule has 0 saturated carbocycles. The summed E-state index contributed by atoms with van der Waals surface area (Å²) < 4.78 is 1.05. The molecule has 7 nitrogen and oxygen atoms in total. The number of hydrogen-bond acceptors (Lipinski definition) is 8. The Labute approximate surface area is 226 Å². The molecule has 1 atom stereocenters. The minimum absolute atomic E-state index is 0.0761.